The molecule has 0 saturated heterocycles. The number of rotatable bonds is 5. The van der Waals surface area contributed by atoms with Gasteiger partial charge in [-0.2, -0.15) is 4.39 Å². The minimum Gasteiger partial charge on any atom is -0.337 e. The van der Waals surface area contributed by atoms with Crippen LogP contribution >= 0.6 is 0 Å². The lowest BCUT2D eigenvalue weighted by Gasteiger charge is -2.27. The van der Waals surface area contributed by atoms with Gasteiger partial charge in [0.2, 0.25) is 5.82 Å². The van der Waals surface area contributed by atoms with Crippen molar-refractivity contribution in [1.29, 1.82) is 0 Å². The number of carbonyl (C=O) groups is 1. The van der Waals surface area contributed by atoms with Crippen molar-refractivity contribution in [1.82, 2.24) is 4.90 Å². The van der Waals surface area contributed by atoms with Crippen LogP contribution in [0, 0.1) is 27.7 Å². The van der Waals surface area contributed by atoms with E-state index in [0.717, 1.165) is 18.9 Å². The van der Waals surface area contributed by atoms with Gasteiger partial charge in [0.1, 0.15) is 11.4 Å². The Balaban J connectivity index is 2.38. The molecule has 1 aromatic rings. The van der Waals surface area contributed by atoms with Gasteiger partial charge in [-0.15, -0.1) is 0 Å². The van der Waals surface area contributed by atoms with Crippen molar-refractivity contribution in [2.24, 2.45) is 11.7 Å². The van der Waals surface area contributed by atoms with Crippen LogP contribution in [0.15, 0.2) is 12.1 Å². The third-order valence-electron chi connectivity index (χ3n) is 3.71. The largest absolute Gasteiger partial charge is 0.337 e. The third kappa shape index (κ3) is 2.85. The molecule has 0 bridgehead atoms. The van der Waals surface area contributed by atoms with Gasteiger partial charge in [0.05, 0.1) is 4.92 Å². The summed E-state index contributed by atoms with van der Waals surface area (Å²) in [5, 5.41) is 10.7. The van der Waals surface area contributed by atoms with E-state index in [-0.39, 0.29) is 18.5 Å². The number of nitro benzene ring substituents is 1. The van der Waals surface area contributed by atoms with Crippen molar-refractivity contribution in [2.75, 3.05) is 13.6 Å². The fourth-order valence-electron chi connectivity index (χ4n) is 2.35. The fourth-order valence-corrected chi connectivity index (χ4v) is 2.35. The maximum absolute atomic E-state index is 14.0. The van der Waals surface area contributed by atoms with Gasteiger partial charge in [-0.3, -0.25) is 14.9 Å². The van der Waals surface area contributed by atoms with Crippen molar-refractivity contribution in [3.63, 3.8) is 0 Å². The number of nitrogens with two attached hydrogens (primary N) is 1. The van der Waals surface area contributed by atoms with Gasteiger partial charge in [0.25, 0.3) is 5.91 Å². The topological polar surface area (TPSA) is 89.5 Å². The van der Waals surface area contributed by atoms with E-state index in [2.05, 4.69) is 0 Å². The molecule has 114 valence electrons. The number of nitrogens with zero attached hydrogens (tertiary/aromatic N) is 2. The number of hydrogen-bond acceptors (Lipinski definition) is 4. The van der Waals surface area contributed by atoms with Crippen molar-refractivity contribution >= 4 is 11.6 Å². The van der Waals surface area contributed by atoms with Crippen LogP contribution in [0.1, 0.15) is 23.2 Å². The summed E-state index contributed by atoms with van der Waals surface area (Å²) in [7, 11) is 1.40. The van der Waals surface area contributed by atoms with Gasteiger partial charge in [0, 0.05) is 25.7 Å². The summed E-state index contributed by atoms with van der Waals surface area (Å²) in [5.41, 5.74) is 3.76. The second kappa shape index (κ2) is 5.72. The molecule has 2 rings (SSSR count). The number of likely N-dealkylation sites (N-methyl/N-ethyl adjacent to an activating group) is 1. The molecule has 1 aliphatic rings. The lowest BCUT2D eigenvalue weighted by molar-refractivity contribution is -0.387. The van der Waals surface area contributed by atoms with Gasteiger partial charge in [-0.25, -0.2) is 4.39 Å². The molecule has 6 nitrogen and oxygen atoms in total. The minimum absolute atomic E-state index is 0.172. The SMILES string of the molecule is CN(C(=O)c1c(F)ccc([N+](=O)[O-])c1F)C(CN)C1CC1. The molecule has 0 aromatic heterocycles. The molecule has 1 atom stereocenters. The smallest absolute Gasteiger partial charge is 0.305 e. The maximum atomic E-state index is 14.0. The Hall–Kier alpha value is -2.09. The zero-order valence-corrected chi connectivity index (χ0v) is 11.4. The van der Waals surface area contributed by atoms with Crippen LogP contribution in [0.2, 0.25) is 0 Å². The monoisotopic (exact) mass is 299 g/mol. The number of hydrogen-bond donors (Lipinski definition) is 1. The molecule has 1 aliphatic carbocycles. The molecule has 1 amide bonds. The van der Waals surface area contributed by atoms with Gasteiger partial charge in [-0.05, 0) is 24.8 Å². The van der Waals surface area contributed by atoms with Crippen molar-refractivity contribution < 1.29 is 18.5 Å². The van der Waals surface area contributed by atoms with E-state index in [0.29, 0.717) is 6.07 Å². The Bertz CT molecular complexity index is 590. The zero-order chi connectivity index (χ0) is 15.7. The Labute approximate surface area is 119 Å². The summed E-state index contributed by atoms with van der Waals surface area (Å²) >= 11 is 0. The Morgan fingerprint density at radius 1 is 1.52 bits per heavy atom. The summed E-state index contributed by atoms with van der Waals surface area (Å²) in [5.74, 6) is -3.30. The number of carbonyl (C=O) groups excluding carboxylic acids is 1. The molecule has 0 spiro atoms. The summed E-state index contributed by atoms with van der Waals surface area (Å²) in [6, 6.07) is 1.09. The lowest BCUT2D eigenvalue weighted by Crippen LogP contribution is -2.43. The first kappa shape index (κ1) is 15.3. The van der Waals surface area contributed by atoms with E-state index in [1.54, 1.807) is 0 Å². The molecule has 2 N–H and O–H groups in total. The average molecular weight is 299 g/mol. The van der Waals surface area contributed by atoms with E-state index in [9.17, 15) is 23.7 Å². The zero-order valence-electron chi connectivity index (χ0n) is 11.4. The van der Waals surface area contributed by atoms with Crippen LogP contribution in [0.25, 0.3) is 0 Å². The van der Waals surface area contributed by atoms with Crippen LogP contribution in [0.3, 0.4) is 0 Å². The number of halogens is 2. The van der Waals surface area contributed by atoms with Gasteiger partial charge < -0.3 is 10.6 Å². The average Bonchev–Trinajstić information content (AvgIpc) is 3.23. The normalized spacial score (nSPS) is 15.6. The van der Waals surface area contributed by atoms with Crippen molar-refractivity contribution in [3.05, 3.63) is 39.4 Å². The van der Waals surface area contributed by atoms with Crippen LogP contribution in [0.4, 0.5) is 14.5 Å². The van der Waals surface area contributed by atoms with Gasteiger partial charge in [0.15, 0.2) is 0 Å². The summed E-state index contributed by atoms with van der Waals surface area (Å²) in [6.45, 7) is 0.172. The number of amides is 1. The molecule has 0 heterocycles. The molecular weight excluding hydrogens is 284 g/mol. The van der Waals surface area contributed by atoms with E-state index in [1.807, 2.05) is 0 Å². The van der Waals surface area contributed by atoms with Crippen LogP contribution < -0.4 is 5.73 Å². The van der Waals surface area contributed by atoms with E-state index in [1.165, 1.54) is 11.9 Å². The predicted molar refractivity (Wildman–Crippen MR) is 70.7 cm³/mol. The summed E-state index contributed by atoms with van der Waals surface area (Å²) in [6.07, 6.45) is 1.80. The molecule has 0 radical (unpaired) electrons. The third-order valence-corrected chi connectivity index (χ3v) is 3.71. The molecule has 1 saturated carbocycles. The second-order valence-electron chi connectivity index (χ2n) is 5.07. The second-order valence-corrected chi connectivity index (χ2v) is 5.07. The summed E-state index contributed by atoms with van der Waals surface area (Å²) in [4.78, 5) is 23.1. The van der Waals surface area contributed by atoms with Crippen LogP contribution in [0.5, 0.6) is 0 Å². The predicted octanol–water partition coefficient (Wildman–Crippen LogP) is 1.68. The van der Waals surface area contributed by atoms with Gasteiger partial charge in [-0.1, -0.05) is 0 Å². The van der Waals surface area contributed by atoms with Crippen LogP contribution in [-0.4, -0.2) is 35.4 Å². The minimum atomic E-state index is -1.46. The van der Waals surface area contributed by atoms with E-state index < -0.39 is 33.7 Å². The lowest BCUT2D eigenvalue weighted by atomic mass is 10.1. The quantitative estimate of drug-likeness (QED) is 0.661. The maximum Gasteiger partial charge on any atom is 0.305 e. The highest BCUT2D eigenvalue weighted by Crippen LogP contribution is 2.35. The fraction of sp³-hybridized carbons (Fsp3) is 0.462. The Morgan fingerprint density at radius 3 is 2.62 bits per heavy atom. The molecular formula is C13H15F2N3O3. The molecule has 8 heteroatoms. The van der Waals surface area contributed by atoms with E-state index >= 15 is 0 Å². The van der Waals surface area contributed by atoms with Crippen molar-refractivity contribution in [3.8, 4) is 0 Å². The standard InChI is InChI=1S/C13H15F2N3O3/c1-17(10(6-16)7-2-3-7)13(19)11-8(14)4-5-9(12(11)15)18(20)21/h4-5,7,10H,2-3,6,16H2,1H3. The van der Waals surface area contributed by atoms with E-state index in [4.69, 9.17) is 5.73 Å². The van der Waals surface area contributed by atoms with Crippen molar-refractivity contribution in [2.45, 2.75) is 18.9 Å². The number of nitro groups is 1. The highest BCUT2D eigenvalue weighted by molar-refractivity contribution is 5.95. The molecule has 1 aromatic carbocycles. The first-order chi connectivity index (χ1) is 9.88. The van der Waals surface area contributed by atoms with Gasteiger partial charge >= 0.3 is 5.69 Å². The van der Waals surface area contributed by atoms with Crippen LogP contribution in [-0.2, 0) is 0 Å². The Morgan fingerprint density at radius 2 is 2.14 bits per heavy atom. The molecule has 1 fully saturated rings. The molecule has 21 heavy (non-hydrogen) atoms. The molecule has 0 aliphatic heterocycles. The summed E-state index contributed by atoms with van der Waals surface area (Å²) < 4.78 is 27.8. The highest BCUT2D eigenvalue weighted by Gasteiger charge is 2.37. The molecule has 1 unspecified atom stereocenters. The highest BCUT2D eigenvalue weighted by atomic mass is 19.1. The Kier molecular flexibility index (Phi) is 4.17. The number of benzene rings is 1. The first-order valence-electron chi connectivity index (χ1n) is 6.48. The first-order valence-corrected chi connectivity index (χ1v) is 6.48.